The lowest BCUT2D eigenvalue weighted by Crippen LogP contribution is -2.27. The normalized spacial score (nSPS) is 13.6. The molecule has 27 heavy (non-hydrogen) atoms. The molecule has 136 valence electrons. The van der Waals surface area contributed by atoms with Crippen LogP contribution in [0.25, 0.3) is 11.3 Å². The fraction of sp³-hybridized carbons (Fsp3) is 0.190. The Kier molecular flexibility index (Phi) is 4.78. The molecule has 0 radical (unpaired) electrons. The fourth-order valence-corrected chi connectivity index (χ4v) is 3.12. The molecule has 1 fully saturated rings. The summed E-state index contributed by atoms with van der Waals surface area (Å²) in [6.07, 6.45) is 3.46. The summed E-state index contributed by atoms with van der Waals surface area (Å²) in [6, 6.07) is 14.9. The first kappa shape index (κ1) is 17.1. The van der Waals surface area contributed by atoms with Gasteiger partial charge in [0, 0.05) is 30.3 Å². The molecule has 2 heterocycles. The highest BCUT2D eigenvalue weighted by Crippen LogP contribution is 2.25. The van der Waals surface area contributed by atoms with Crippen LogP contribution in [0.3, 0.4) is 0 Å². The lowest BCUT2D eigenvalue weighted by molar-refractivity contribution is 0.0792. The van der Waals surface area contributed by atoms with Gasteiger partial charge in [-0.2, -0.15) is 0 Å². The van der Waals surface area contributed by atoms with Crippen molar-refractivity contribution < 1.29 is 13.9 Å². The van der Waals surface area contributed by atoms with Gasteiger partial charge < -0.3 is 9.64 Å². The van der Waals surface area contributed by atoms with Crippen molar-refractivity contribution in [2.75, 3.05) is 13.1 Å². The van der Waals surface area contributed by atoms with Crippen LogP contribution in [0.5, 0.6) is 11.6 Å². The Morgan fingerprint density at radius 3 is 2.63 bits per heavy atom. The van der Waals surface area contributed by atoms with Gasteiger partial charge in [0.05, 0.1) is 5.69 Å². The van der Waals surface area contributed by atoms with E-state index in [-0.39, 0.29) is 11.7 Å². The van der Waals surface area contributed by atoms with Crippen LogP contribution in [0.15, 0.2) is 60.9 Å². The Bertz CT molecular complexity index is 971. The number of carbonyl (C=O) groups is 1. The van der Waals surface area contributed by atoms with Gasteiger partial charge in [0.25, 0.3) is 5.91 Å². The number of ether oxygens (including phenoxy) is 1. The van der Waals surface area contributed by atoms with E-state index >= 15 is 0 Å². The van der Waals surface area contributed by atoms with Crippen molar-refractivity contribution in [1.29, 1.82) is 0 Å². The minimum Gasteiger partial charge on any atom is -0.439 e. The molecule has 0 spiro atoms. The molecule has 1 aromatic heterocycles. The highest BCUT2D eigenvalue weighted by atomic mass is 19.1. The number of hydrogen-bond donors (Lipinski definition) is 0. The zero-order valence-corrected chi connectivity index (χ0v) is 14.6. The van der Waals surface area contributed by atoms with Crippen LogP contribution in [0, 0.1) is 5.82 Å². The Morgan fingerprint density at radius 1 is 1.00 bits per heavy atom. The first-order valence-corrected chi connectivity index (χ1v) is 8.84. The quantitative estimate of drug-likeness (QED) is 0.693. The summed E-state index contributed by atoms with van der Waals surface area (Å²) >= 11 is 0. The van der Waals surface area contributed by atoms with Gasteiger partial charge >= 0.3 is 0 Å². The van der Waals surface area contributed by atoms with Crippen LogP contribution in [-0.2, 0) is 0 Å². The van der Waals surface area contributed by atoms with Crippen molar-refractivity contribution in [3.05, 3.63) is 72.3 Å². The van der Waals surface area contributed by atoms with Gasteiger partial charge in [0.2, 0.25) is 5.88 Å². The summed E-state index contributed by atoms with van der Waals surface area (Å²) in [5, 5.41) is 0. The second kappa shape index (κ2) is 7.53. The second-order valence-corrected chi connectivity index (χ2v) is 6.38. The molecule has 0 N–H and O–H groups in total. The topological polar surface area (TPSA) is 55.3 Å². The number of amides is 1. The van der Waals surface area contributed by atoms with E-state index in [4.69, 9.17) is 4.74 Å². The summed E-state index contributed by atoms with van der Waals surface area (Å²) in [4.78, 5) is 22.7. The third-order valence-corrected chi connectivity index (χ3v) is 4.46. The van der Waals surface area contributed by atoms with Crippen LogP contribution in [0.4, 0.5) is 4.39 Å². The van der Waals surface area contributed by atoms with E-state index in [2.05, 4.69) is 9.97 Å². The molecule has 3 aromatic rings. The van der Waals surface area contributed by atoms with Crippen molar-refractivity contribution in [2.24, 2.45) is 0 Å². The van der Waals surface area contributed by atoms with E-state index in [0.717, 1.165) is 25.9 Å². The number of benzene rings is 2. The number of aromatic nitrogens is 2. The number of likely N-dealkylation sites (tertiary alicyclic amines) is 1. The average Bonchev–Trinajstić information content (AvgIpc) is 3.23. The van der Waals surface area contributed by atoms with E-state index < -0.39 is 0 Å². The molecule has 4 rings (SSSR count). The van der Waals surface area contributed by atoms with E-state index in [1.165, 1.54) is 18.5 Å². The monoisotopic (exact) mass is 363 g/mol. The molecular formula is C21H18FN3O2. The van der Waals surface area contributed by atoms with Gasteiger partial charge in [-0.3, -0.25) is 4.79 Å². The molecule has 1 aliphatic rings. The number of rotatable bonds is 4. The van der Waals surface area contributed by atoms with Crippen LogP contribution in [0.1, 0.15) is 23.2 Å². The first-order valence-electron chi connectivity index (χ1n) is 8.84. The maximum Gasteiger partial charge on any atom is 0.253 e. The lowest BCUT2D eigenvalue weighted by atomic mass is 10.1. The highest BCUT2D eigenvalue weighted by Gasteiger charge is 2.19. The minimum atomic E-state index is -0.332. The Balaban J connectivity index is 1.55. The maximum absolute atomic E-state index is 13.4. The lowest BCUT2D eigenvalue weighted by Gasteiger charge is -2.15. The fourth-order valence-electron chi connectivity index (χ4n) is 3.12. The molecule has 2 aromatic carbocycles. The molecular weight excluding hydrogens is 345 g/mol. The molecule has 0 unspecified atom stereocenters. The largest absolute Gasteiger partial charge is 0.439 e. The number of carbonyl (C=O) groups excluding carboxylic acids is 1. The molecule has 6 heteroatoms. The van der Waals surface area contributed by atoms with Crippen LogP contribution in [-0.4, -0.2) is 33.9 Å². The predicted octanol–water partition coefficient (Wildman–Crippen LogP) is 4.31. The number of hydrogen-bond acceptors (Lipinski definition) is 4. The predicted molar refractivity (Wildman–Crippen MR) is 99.1 cm³/mol. The number of nitrogens with zero attached hydrogens (tertiary/aromatic N) is 3. The number of halogens is 1. The summed E-state index contributed by atoms with van der Waals surface area (Å²) < 4.78 is 19.2. The van der Waals surface area contributed by atoms with E-state index in [0.29, 0.717) is 28.5 Å². The molecule has 0 atom stereocenters. The highest BCUT2D eigenvalue weighted by molar-refractivity contribution is 5.94. The average molecular weight is 363 g/mol. The Hall–Kier alpha value is -3.28. The van der Waals surface area contributed by atoms with Gasteiger partial charge in [0.1, 0.15) is 17.9 Å². The molecule has 5 nitrogen and oxygen atoms in total. The van der Waals surface area contributed by atoms with Crippen LogP contribution in [0.2, 0.25) is 0 Å². The zero-order valence-electron chi connectivity index (χ0n) is 14.6. The Morgan fingerprint density at radius 2 is 1.81 bits per heavy atom. The van der Waals surface area contributed by atoms with Crippen molar-refractivity contribution in [2.45, 2.75) is 12.8 Å². The maximum atomic E-state index is 13.4. The standard InChI is InChI=1S/C21H18FN3O2/c22-17-7-3-5-15(11-17)19-13-20(24-14-23-19)27-18-8-4-6-16(12-18)21(26)25-9-1-2-10-25/h3-8,11-14H,1-2,9-10H2. The van der Waals surface area contributed by atoms with Crippen LogP contribution < -0.4 is 4.74 Å². The SMILES string of the molecule is O=C(c1cccc(Oc2cc(-c3cccc(F)c3)ncn2)c1)N1CCCC1. The summed E-state index contributed by atoms with van der Waals surface area (Å²) in [5.41, 5.74) is 1.79. The minimum absolute atomic E-state index is 0.0149. The molecule has 0 aliphatic carbocycles. The van der Waals surface area contributed by atoms with Gasteiger partial charge in [-0.15, -0.1) is 0 Å². The molecule has 0 saturated carbocycles. The van der Waals surface area contributed by atoms with Gasteiger partial charge in [-0.05, 0) is 43.2 Å². The smallest absolute Gasteiger partial charge is 0.253 e. The third kappa shape index (κ3) is 3.95. The van der Waals surface area contributed by atoms with Crippen molar-refractivity contribution in [3.8, 4) is 22.9 Å². The van der Waals surface area contributed by atoms with Crippen LogP contribution >= 0.6 is 0 Å². The van der Waals surface area contributed by atoms with Crippen molar-refractivity contribution >= 4 is 5.91 Å². The second-order valence-electron chi connectivity index (χ2n) is 6.38. The summed E-state index contributed by atoms with van der Waals surface area (Å²) in [5.74, 6) is 0.529. The third-order valence-electron chi connectivity index (χ3n) is 4.46. The summed E-state index contributed by atoms with van der Waals surface area (Å²) in [6.45, 7) is 1.60. The van der Waals surface area contributed by atoms with E-state index in [1.807, 2.05) is 4.90 Å². The van der Waals surface area contributed by atoms with Gasteiger partial charge in [0.15, 0.2) is 0 Å². The van der Waals surface area contributed by atoms with Crippen molar-refractivity contribution in [3.63, 3.8) is 0 Å². The van der Waals surface area contributed by atoms with Gasteiger partial charge in [-0.1, -0.05) is 18.2 Å². The Labute approximate surface area is 156 Å². The molecule has 1 amide bonds. The molecule has 1 aliphatic heterocycles. The summed E-state index contributed by atoms with van der Waals surface area (Å²) in [7, 11) is 0. The first-order chi connectivity index (χ1) is 13.2. The van der Waals surface area contributed by atoms with Crippen molar-refractivity contribution in [1.82, 2.24) is 14.9 Å². The van der Waals surface area contributed by atoms with E-state index in [9.17, 15) is 9.18 Å². The van der Waals surface area contributed by atoms with E-state index in [1.54, 1.807) is 42.5 Å². The molecule has 1 saturated heterocycles. The molecule has 0 bridgehead atoms. The zero-order chi connectivity index (χ0) is 18.6. The van der Waals surface area contributed by atoms with Gasteiger partial charge in [-0.25, -0.2) is 14.4 Å².